The first-order valence-electron chi connectivity index (χ1n) is 9.98. The van der Waals surface area contributed by atoms with Crippen LogP contribution in [0.15, 0.2) is 72.8 Å². The topological polar surface area (TPSA) is 70.7 Å². The summed E-state index contributed by atoms with van der Waals surface area (Å²) in [5.41, 5.74) is 1.83. The molecular formula is C24H22F3N3O3. The molecular weight excluding hydrogens is 435 g/mol. The number of carbonyl (C=O) groups is 2. The molecule has 6 nitrogen and oxygen atoms in total. The maximum atomic E-state index is 13.1. The van der Waals surface area contributed by atoms with E-state index in [0.29, 0.717) is 17.9 Å². The molecule has 0 aliphatic rings. The lowest BCUT2D eigenvalue weighted by Crippen LogP contribution is -2.30. The molecule has 2 N–H and O–H groups in total. The number of carbonyl (C=O) groups excluding carboxylic acids is 2. The third kappa shape index (κ3) is 7.36. The van der Waals surface area contributed by atoms with Crippen molar-refractivity contribution in [3.8, 4) is 5.75 Å². The molecule has 0 fully saturated rings. The summed E-state index contributed by atoms with van der Waals surface area (Å²) in [6.45, 7) is -2.46. The molecule has 172 valence electrons. The van der Waals surface area contributed by atoms with Crippen LogP contribution < -0.4 is 15.4 Å². The molecule has 0 aliphatic heterocycles. The van der Waals surface area contributed by atoms with Gasteiger partial charge in [0.2, 0.25) is 5.91 Å². The average molecular weight is 457 g/mol. The summed E-state index contributed by atoms with van der Waals surface area (Å²) in [5, 5.41) is 5.39. The number of rotatable bonds is 9. The lowest BCUT2D eigenvalue weighted by molar-refractivity contribution is -0.117. The summed E-state index contributed by atoms with van der Waals surface area (Å²) >= 11 is 0. The van der Waals surface area contributed by atoms with Crippen molar-refractivity contribution in [2.75, 3.05) is 24.2 Å². The van der Waals surface area contributed by atoms with Crippen LogP contribution in [0, 0.1) is 5.82 Å². The van der Waals surface area contributed by atoms with Crippen molar-refractivity contribution in [1.82, 2.24) is 4.90 Å². The molecule has 0 spiro atoms. The second kappa shape index (κ2) is 11.1. The van der Waals surface area contributed by atoms with E-state index in [2.05, 4.69) is 15.4 Å². The Bertz CT molecular complexity index is 1090. The highest BCUT2D eigenvalue weighted by Gasteiger charge is 2.15. The Morgan fingerprint density at radius 1 is 0.939 bits per heavy atom. The van der Waals surface area contributed by atoms with Crippen LogP contribution in [0.5, 0.6) is 5.75 Å². The number of nitrogens with one attached hydrogen (secondary N) is 2. The zero-order chi connectivity index (χ0) is 23.8. The first-order chi connectivity index (χ1) is 15.8. The van der Waals surface area contributed by atoms with Crippen molar-refractivity contribution in [1.29, 1.82) is 0 Å². The molecule has 3 aromatic rings. The van der Waals surface area contributed by atoms with Crippen LogP contribution in [0.25, 0.3) is 0 Å². The van der Waals surface area contributed by atoms with Crippen molar-refractivity contribution in [2.45, 2.75) is 13.2 Å². The molecule has 0 aliphatic carbocycles. The van der Waals surface area contributed by atoms with Gasteiger partial charge in [0.1, 0.15) is 11.6 Å². The first kappa shape index (κ1) is 23.8. The second-order valence-corrected chi connectivity index (χ2v) is 7.25. The number of halogens is 3. The van der Waals surface area contributed by atoms with Crippen molar-refractivity contribution in [3.05, 3.63) is 89.7 Å². The predicted octanol–water partition coefficient (Wildman–Crippen LogP) is 4.75. The third-order valence-electron chi connectivity index (χ3n) is 4.56. The standard InChI is InChI=1S/C24H22F3N3O3/c1-30(14-16-6-12-19(13-7-16)33-24(26)27)15-22(31)29-21-5-3-2-4-20(21)23(32)28-18-10-8-17(25)9-11-18/h2-13,24H,14-15H2,1H3,(H,28,32)(H,29,31). The number of likely N-dealkylation sites (N-methyl/N-ethyl adjacent to an activating group) is 1. The van der Waals surface area contributed by atoms with E-state index in [-0.39, 0.29) is 23.8 Å². The number of ether oxygens (including phenoxy) is 1. The van der Waals surface area contributed by atoms with Gasteiger partial charge in [-0.1, -0.05) is 24.3 Å². The maximum absolute atomic E-state index is 13.1. The summed E-state index contributed by atoms with van der Waals surface area (Å²) in [6.07, 6.45) is 0. The van der Waals surface area contributed by atoms with Crippen LogP contribution in [-0.2, 0) is 11.3 Å². The maximum Gasteiger partial charge on any atom is 0.387 e. The van der Waals surface area contributed by atoms with E-state index >= 15 is 0 Å². The fraction of sp³-hybridized carbons (Fsp3) is 0.167. The number of anilines is 2. The number of para-hydroxylation sites is 1. The highest BCUT2D eigenvalue weighted by atomic mass is 19.3. The largest absolute Gasteiger partial charge is 0.435 e. The van der Waals surface area contributed by atoms with Gasteiger partial charge in [0.25, 0.3) is 5.91 Å². The van der Waals surface area contributed by atoms with Crippen molar-refractivity contribution < 1.29 is 27.5 Å². The fourth-order valence-corrected chi connectivity index (χ4v) is 3.10. The molecule has 0 saturated heterocycles. The molecule has 3 rings (SSSR count). The molecule has 2 amide bonds. The minimum absolute atomic E-state index is 0.0310. The summed E-state index contributed by atoms with van der Waals surface area (Å²) in [6, 6.07) is 18.0. The number of hydrogen-bond donors (Lipinski definition) is 2. The van der Waals surface area contributed by atoms with Gasteiger partial charge in [-0.15, -0.1) is 0 Å². The SMILES string of the molecule is CN(CC(=O)Nc1ccccc1C(=O)Nc1ccc(F)cc1)Cc1ccc(OC(F)F)cc1. The van der Waals surface area contributed by atoms with Gasteiger partial charge in [0.05, 0.1) is 17.8 Å². The second-order valence-electron chi connectivity index (χ2n) is 7.25. The highest BCUT2D eigenvalue weighted by molar-refractivity contribution is 6.10. The Kier molecular flexibility index (Phi) is 8.04. The van der Waals surface area contributed by atoms with E-state index in [1.54, 1.807) is 48.3 Å². The number of hydrogen-bond acceptors (Lipinski definition) is 4. The Morgan fingerprint density at radius 2 is 1.61 bits per heavy atom. The van der Waals surface area contributed by atoms with Crippen LogP contribution in [0.4, 0.5) is 24.5 Å². The number of amides is 2. The normalized spacial score (nSPS) is 10.8. The van der Waals surface area contributed by atoms with Gasteiger partial charge in [0.15, 0.2) is 0 Å². The Hall–Kier alpha value is -3.85. The number of alkyl halides is 2. The van der Waals surface area contributed by atoms with Gasteiger partial charge < -0.3 is 15.4 Å². The minimum atomic E-state index is -2.89. The lowest BCUT2D eigenvalue weighted by atomic mass is 10.1. The molecule has 33 heavy (non-hydrogen) atoms. The van der Waals surface area contributed by atoms with Crippen molar-refractivity contribution in [2.24, 2.45) is 0 Å². The highest BCUT2D eigenvalue weighted by Crippen LogP contribution is 2.19. The average Bonchev–Trinajstić information content (AvgIpc) is 2.76. The van der Waals surface area contributed by atoms with E-state index in [0.717, 1.165) is 5.56 Å². The van der Waals surface area contributed by atoms with Crippen LogP contribution in [0.1, 0.15) is 15.9 Å². The van der Waals surface area contributed by atoms with E-state index in [9.17, 15) is 22.8 Å². The zero-order valence-electron chi connectivity index (χ0n) is 17.7. The summed E-state index contributed by atoms with van der Waals surface area (Å²) < 4.78 is 41.9. The van der Waals surface area contributed by atoms with Crippen molar-refractivity contribution >= 4 is 23.2 Å². The molecule has 0 radical (unpaired) electrons. The van der Waals surface area contributed by atoms with E-state index in [1.165, 1.54) is 36.4 Å². The van der Waals surface area contributed by atoms with E-state index in [1.807, 2.05) is 0 Å². The summed E-state index contributed by atoms with van der Waals surface area (Å²) in [4.78, 5) is 26.9. The zero-order valence-corrected chi connectivity index (χ0v) is 17.7. The molecule has 0 atom stereocenters. The summed E-state index contributed by atoms with van der Waals surface area (Å²) in [5.74, 6) is -1.14. The van der Waals surface area contributed by atoms with Gasteiger partial charge in [0, 0.05) is 12.2 Å². The Morgan fingerprint density at radius 3 is 2.27 bits per heavy atom. The lowest BCUT2D eigenvalue weighted by Gasteiger charge is -2.17. The first-order valence-corrected chi connectivity index (χ1v) is 9.98. The van der Waals surface area contributed by atoms with E-state index < -0.39 is 18.3 Å². The number of nitrogens with zero attached hydrogens (tertiary/aromatic N) is 1. The smallest absolute Gasteiger partial charge is 0.387 e. The molecule has 0 unspecified atom stereocenters. The Balaban J connectivity index is 1.57. The molecule has 0 aromatic heterocycles. The fourth-order valence-electron chi connectivity index (χ4n) is 3.10. The van der Waals surface area contributed by atoms with Crippen LogP contribution in [0.3, 0.4) is 0 Å². The summed E-state index contributed by atoms with van der Waals surface area (Å²) in [7, 11) is 1.73. The molecule has 0 heterocycles. The van der Waals surface area contributed by atoms with Crippen molar-refractivity contribution in [3.63, 3.8) is 0 Å². The van der Waals surface area contributed by atoms with Gasteiger partial charge in [-0.25, -0.2) is 4.39 Å². The quantitative estimate of drug-likeness (QED) is 0.487. The monoisotopic (exact) mass is 457 g/mol. The van der Waals surface area contributed by atoms with Gasteiger partial charge in [-0.3, -0.25) is 14.5 Å². The number of benzene rings is 3. The minimum Gasteiger partial charge on any atom is -0.435 e. The van der Waals surface area contributed by atoms with Gasteiger partial charge in [-0.2, -0.15) is 8.78 Å². The molecule has 3 aromatic carbocycles. The predicted molar refractivity (Wildman–Crippen MR) is 119 cm³/mol. The van der Waals surface area contributed by atoms with Crippen LogP contribution in [-0.4, -0.2) is 36.9 Å². The molecule has 0 bridgehead atoms. The van der Waals surface area contributed by atoms with Crippen LogP contribution >= 0.6 is 0 Å². The third-order valence-corrected chi connectivity index (χ3v) is 4.56. The van der Waals surface area contributed by atoms with Crippen LogP contribution in [0.2, 0.25) is 0 Å². The van der Waals surface area contributed by atoms with Gasteiger partial charge in [-0.05, 0) is 61.1 Å². The molecule has 9 heteroatoms. The van der Waals surface area contributed by atoms with Gasteiger partial charge >= 0.3 is 6.61 Å². The Labute approximate surface area is 189 Å². The van der Waals surface area contributed by atoms with E-state index in [4.69, 9.17) is 0 Å². The molecule has 0 saturated carbocycles.